The molecular formula is C8H10FN. The van der Waals surface area contributed by atoms with Gasteiger partial charge in [0.1, 0.15) is 6.17 Å². The quantitative estimate of drug-likeness (QED) is 0.472. The Morgan fingerprint density at radius 2 is 2.30 bits per heavy atom. The van der Waals surface area contributed by atoms with Gasteiger partial charge in [0.15, 0.2) is 0 Å². The largest absolute Gasteiger partial charge is 0.247 e. The molecule has 54 valence electrons. The summed E-state index contributed by atoms with van der Waals surface area (Å²) in [5.74, 6) is -0.128. The standard InChI is InChI=1S/C8H10FN/c1-6-2-7(5-10)4-8(9)3-6/h7-8H,1-4H2. The van der Waals surface area contributed by atoms with Gasteiger partial charge in [-0.15, -0.1) is 0 Å². The van der Waals surface area contributed by atoms with Crippen LogP contribution in [0, 0.1) is 17.2 Å². The minimum absolute atomic E-state index is 0.128. The van der Waals surface area contributed by atoms with Gasteiger partial charge >= 0.3 is 0 Å². The average Bonchev–Trinajstić information content (AvgIpc) is 1.85. The molecule has 0 heterocycles. The van der Waals surface area contributed by atoms with Crippen LogP contribution in [0.3, 0.4) is 0 Å². The van der Waals surface area contributed by atoms with Gasteiger partial charge in [0.2, 0.25) is 0 Å². The van der Waals surface area contributed by atoms with Gasteiger partial charge in [-0.3, -0.25) is 0 Å². The Balaban J connectivity index is 2.52. The summed E-state index contributed by atoms with van der Waals surface area (Å²) in [6, 6.07) is 2.06. The smallest absolute Gasteiger partial charge is 0.105 e. The molecule has 0 aromatic rings. The van der Waals surface area contributed by atoms with Gasteiger partial charge in [0.05, 0.1) is 12.0 Å². The topological polar surface area (TPSA) is 23.8 Å². The van der Waals surface area contributed by atoms with Crippen molar-refractivity contribution in [2.75, 3.05) is 0 Å². The summed E-state index contributed by atoms with van der Waals surface area (Å²) >= 11 is 0. The summed E-state index contributed by atoms with van der Waals surface area (Å²) in [5.41, 5.74) is 0.880. The molecule has 10 heavy (non-hydrogen) atoms. The molecule has 1 aliphatic rings. The molecule has 2 heteroatoms. The van der Waals surface area contributed by atoms with Crippen molar-refractivity contribution in [1.82, 2.24) is 0 Å². The zero-order valence-corrected chi connectivity index (χ0v) is 5.81. The molecule has 0 bridgehead atoms. The maximum atomic E-state index is 12.7. The first-order chi connectivity index (χ1) is 4.72. The van der Waals surface area contributed by atoms with Crippen LogP contribution in [0.15, 0.2) is 12.2 Å². The second-order valence-electron chi connectivity index (χ2n) is 2.82. The van der Waals surface area contributed by atoms with Crippen molar-refractivity contribution in [3.05, 3.63) is 12.2 Å². The molecule has 0 aliphatic heterocycles. The van der Waals surface area contributed by atoms with Crippen molar-refractivity contribution in [2.45, 2.75) is 25.4 Å². The fourth-order valence-electron chi connectivity index (χ4n) is 1.32. The third kappa shape index (κ3) is 1.57. The maximum absolute atomic E-state index is 12.7. The average molecular weight is 139 g/mol. The molecule has 0 radical (unpaired) electrons. The van der Waals surface area contributed by atoms with Gasteiger partial charge in [-0.05, 0) is 19.3 Å². The minimum Gasteiger partial charge on any atom is -0.247 e. The van der Waals surface area contributed by atoms with Gasteiger partial charge in [-0.2, -0.15) is 5.26 Å². The summed E-state index contributed by atoms with van der Waals surface area (Å²) in [5, 5.41) is 8.47. The van der Waals surface area contributed by atoms with Gasteiger partial charge in [0, 0.05) is 0 Å². The number of rotatable bonds is 0. The van der Waals surface area contributed by atoms with E-state index in [9.17, 15) is 4.39 Å². The summed E-state index contributed by atoms with van der Waals surface area (Å²) in [7, 11) is 0. The fourth-order valence-corrected chi connectivity index (χ4v) is 1.32. The molecule has 1 aliphatic carbocycles. The molecule has 1 saturated carbocycles. The molecule has 0 saturated heterocycles. The summed E-state index contributed by atoms with van der Waals surface area (Å²) in [4.78, 5) is 0. The van der Waals surface area contributed by atoms with E-state index in [0.717, 1.165) is 5.57 Å². The first kappa shape index (κ1) is 7.27. The van der Waals surface area contributed by atoms with Gasteiger partial charge < -0.3 is 0 Å². The summed E-state index contributed by atoms with van der Waals surface area (Å²) in [6.07, 6.45) is 0.718. The molecule has 0 aromatic carbocycles. The maximum Gasteiger partial charge on any atom is 0.105 e. The molecule has 1 fully saturated rings. The third-order valence-corrected chi connectivity index (χ3v) is 1.77. The van der Waals surface area contributed by atoms with E-state index in [4.69, 9.17) is 5.26 Å². The Morgan fingerprint density at radius 1 is 1.60 bits per heavy atom. The van der Waals surface area contributed by atoms with Crippen molar-refractivity contribution in [2.24, 2.45) is 5.92 Å². The van der Waals surface area contributed by atoms with E-state index in [1.54, 1.807) is 0 Å². The second-order valence-corrected chi connectivity index (χ2v) is 2.82. The molecule has 0 spiro atoms. The predicted molar refractivity (Wildman–Crippen MR) is 37.0 cm³/mol. The van der Waals surface area contributed by atoms with Crippen LogP contribution in [0.2, 0.25) is 0 Å². The Morgan fingerprint density at radius 3 is 2.80 bits per heavy atom. The first-order valence-corrected chi connectivity index (χ1v) is 3.42. The monoisotopic (exact) mass is 139 g/mol. The highest BCUT2D eigenvalue weighted by molar-refractivity contribution is 5.07. The van der Waals surface area contributed by atoms with E-state index in [1.165, 1.54) is 0 Å². The summed E-state index contributed by atoms with van der Waals surface area (Å²) < 4.78 is 12.7. The van der Waals surface area contributed by atoms with Crippen LogP contribution in [-0.4, -0.2) is 6.17 Å². The van der Waals surface area contributed by atoms with Crippen molar-refractivity contribution >= 4 is 0 Å². The van der Waals surface area contributed by atoms with E-state index in [1.807, 2.05) is 0 Å². The number of alkyl halides is 1. The van der Waals surface area contributed by atoms with Gasteiger partial charge in [0.25, 0.3) is 0 Å². The zero-order chi connectivity index (χ0) is 7.56. The molecular weight excluding hydrogens is 129 g/mol. The Bertz CT molecular complexity index is 180. The highest BCUT2D eigenvalue weighted by Crippen LogP contribution is 2.28. The lowest BCUT2D eigenvalue weighted by Gasteiger charge is -2.20. The SMILES string of the molecule is C=C1CC(F)CC(C#N)C1. The van der Waals surface area contributed by atoms with E-state index in [-0.39, 0.29) is 5.92 Å². The molecule has 1 nitrogen and oxygen atoms in total. The second kappa shape index (κ2) is 2.83. The normalized spacial score (nSPS) is 33.4. The summed E-state index contributed by atoms with van der Waals surface area (Å²) in [6.45, 7) is 3.67. The number of nitrogens with zero attached hydrogens (tertiary/aromatic N) is 1. The van der Waals surface area contributed by atoms with E-state index < -0.39 is 6.17 Å². The molecule has 1 rings (SSSR count). The van der Waals surface area contributed by atoms with Crippen LogP contribution >= 0.6 is 0 Å². The molecule has 0 amide bonds. The lowest BCUT2D eigenvalue weighted by Crippen LogP contribution is -2.16. The number of hydrogen-bond acceptors (Lipinski definition) is 1. The van der Waals surface area contributed by atoms with Crippen LogP contribution in [0.25, 0.3) is 0 Å². The van der Waals surface area contributed by atoms with Crippen LogP contribution in [0.1, 0.15) is 19.3 Å². The highest BCUT2D eigenvalue weighted by Gasteiger charge is 2.22. The predicted octanol–water partition coefficient (Wildman–Crippen LogP) is 2.20. The van der Waals surface area contributed by atoms with Crippen LogP contribution < -0.4 is 0 Å². The Labute approximate surface area is 60.2 Å². The number of nitriles is 1. The van der Waals surface area contributed by atoms with E-state index in [2.05, 4.69) is 12.6 Å². The van der Waals surface area contributed by atoms with E-state index in [0.29, 0.717) is 19.3 Å². The van der Waals surface area contributed by atoms with Crippen LogP contribution in [0.4, 0.5) is 4.39 Å². The minimum atomic E-state index is -0.828. The number of hydrogen-bond donors (Lipinski definition) is 0. The highest BCUT2D eigenvalue weighted by atomic mass is 19.1. The van der Waals surface area contributed by atoms with Gasteiger partial charge in [-0.1, -0.05) is 12.2 Å². The number of halogens is 1. The Hall–Kier alpha value is -0.840. The van der Waals surface area contributed by atoms with Crippen LogP contribution in [-0.2, 0) is 0 Å². The first-order valence-electron chi connectivity index (χ1n) is 3.42. The lowest BCUT2D eigenvalue weighted by atomic mass is 9.86. The molecule has 2 unspecified atom stereocenters. The van der Waals surface area contributed by atoms with Crippen molar-refractivity contribution < 1.29 is 4.39 Å². The number of allylic oxidation sites excluding steroid dienone is 1. The fraction of sp³-hybridized carbons (Fsp3) is 0.625. The van der Waals surface area contributed by atoms with Crippen molar-refractivity contribution in [1.29, 1.82) is 5.26 Å². The van der Waals surface area contributed by atoms with Gasteiger partial charge in [-0.25, -0.2) is 4.39 Å². The zero-order valence-electron chi connectivity index (χ0n) is 5.81. The van der Waals surface area contributed by atoms with Crippen molar-refractivity contribution in [3.8, 4) is 6.07 Å². The molecule has 0 aromatic heterocycles. The third-order valence-electron chi connectivity index (χ3n) is 1.77. The van der Waals surface area contributed by atoms with E-state index >= 15 is 0 Å². The Kier molecular flexibility index (Phi) is 2.06. The molecule has 2 atom stereocenters. The lowest BCUT2D eigenvalue weighted by molar-refractivity contribution is 0.259. The van der Waals surface area contributed by atoms with Crippen LogP contribution in [0.5, 0.6) is 0 Å². The molecule has 0 N–H and O–H groups in total. The van der Waals surface area contributed by atoms with Crippen molar-refractivity contribution in [3.63, 3.8) is 0 Å².